The van der Waals surface area contributed by atoms with Crippen molar-refractivity contribution in [2.75, 3.05) is 25.0 Å². The van der Waals surface area contributed by atoms with Crippen LogP contribution < -0.4 is 5.32 Å². The molecular weight excluding hydrogens is 300 g/mol. The molecule has 2 rings (SSSR count). The highest BCUT2D eigenvalue weighted by Crippen LogP contribution is 2.16. The van der Waals surface area contributed by atoms with Gasteiger partial charge in [-0.3, -0.25) is 9.69 Å². The molecule has 5 nitrogen and oxygen atoms in total. The van der Waals surface area contributed by atoms with Crippen molar-refractivity contribution in [2.24, 2.45) is 0 Å². The van der Waals surface area contributed by atoms with Crippen molar-refractivity contribution in [3.63, 3.8) is 0 Å². The molecular formula is C12H15BrN2O3. The highest BCUT2D eigenvalue weighted by Gasteiger charge is 2.30. The van der Waals surface area contributed by atoms with Crippen LogP contribution in [-0.4, -0.2) is 52.9 Å². The number of rotatable bonds is 3. The molecule has 98 valence electrons. The van der Waals surface area contributed by atoms with Gasteiger partial charge < -0.3 is 15.5 Å². The fourth-order valence-electron chi connectivity index (χ4n) is 1.95. The zero-order chi connectivity index (χ0) is 13.1. The number of hydrogen-bond acceptors (Lipinski definition) is 4. The van der Waals surface area contributed by atoms with Crippen molar-refractivity contribution in [2.45, 2.75) is 12.2 Å². The molecule has 0 radical (unpaired) electrons. The third kappa shape index (κ3) is 3.52. The highest BCUT2D eigenvalue weighted by molar-refractivity contribution is 9.10. The fourth-order valence-corrected chi connectivity index (χ4v) is 2.35. The summed E-state index contributed by atoms with van der Waals surface area (Å²) >= 11 is 3.33. The number of aliphatic hydroxyl groups excluding tert-OH is 2. The van der Waals surface area contributed by atoms with E-state index in [-0.39, 0.29) is 12.5 Å². The smallest absolute Gasteiger partial charge is 0.238 e. The van der Waals surface area contributed by atoms with Crippen LogP contribution in [0.3, 0.4) is 0 Å². The molecule has 1 aliphatic rings. The number of anilines is 1. The largest absolute Gasteiger partial charge is 0.389 e. The molecule has 6 heteroatoms. The summed E-state index contributed by atoms with van der Waals surface area (Å²) in [6.45, 7) is 0.820. The first-order valence-corrected chi connectivity index (χ1v) is 6.48. The maximum absolute atomic E-state index is 11.8. The molecule has 0 spiro atoms. The van der Waals surface area contributed by atoms with Gasteiger partial charge in [0.2, 0.25) is 5.91 Å². The Balaban J connectivity index is 1.86. The predicted octanol–water partition coefficient (Wildman–Crippen LogP) is 0.425. The summed E-state index contributed by atoms with van der Waals surface area (Å²) < 4.78 is 0.896. The van der Waals surface area contributed by atoms with E-state index in [1.54, 1.807) is 11.0 Å². The molecule has 0 saturated carbocycles. The van der Waals surface area contributed by atoms with Gasteiger partial charge in [-0.25, -0.2) is 0 Å². The van der Waals surface area contributed by atoms with E-state index in [9.17, 15) is 15.0 Å². The lowest BCUT2D eigenvalue weighted by Gasteiger charge is -2.14. The number of β-amino-alcohol motifs (C(OH)–C–C–N with tert-alkyl or cyclic N) is 2. The van der Waals surface area contributed by atoms with Crippen molar-refractivity contribution in [1.29, 1.82) is 0 Å². The van der Waals surface area contributed by atoms with Crippen molar-refractivity contribution in [1.82, 2.24) is 4.90 Å². The second kappa shape index (κ2) is 5.79. The maximum atomic E-state index is 11.8. The summed E-state index contributed by atoms with van der Waals surface area (Å²) in [7, 11) is 0. The van der Waals surface area contributed by atoms with Gasteiger partial charge in [-0.2, -0.15) is 0 Å². The summed E-state index contributed by atoms with van der Waals surface area (Å²) in [6.07, 6.45) is -1.52. The quantitative estimate of drug-likeness (QED) is 0.756. The number of hydrogen-bond donors (Lipinski definition) is 3. The van der Waals surface area contributed by atoms with E-state index in [1.165, 1.54) is 0 Å². The number of aliphatic hydroxyl groups is 2. The number of benzene rings is 1. The average molecular weight is 315 g/mol. The van der Waals surface area contributed by atoms with Gasteiger partial charge in [0.15, 0.2) is 0 Å². The van der Waals surface area contributed by atoms with E-state index in [0.717, 1.165) is 10.2 Å². The van der Waals surface area contributed by atoms with Gasteiger partial charge >= 0.3 is 0 Å². The zero-order valence-electron chi connectivity index (χ0n) is 9.71. The van der Waals surface area contributed by atoms with E-state index >= 15 is 0 Å². The minimum Gasteiger partial charge on any atom is -0.389 e. The lowest BCUT2D eigenvalue weighted by atomic mass is 10.3. The van der Waals surface area contributed by atoms with Gasteiger partial charge in [0.05, 0.1) is 18.8 Å². The molecule has 1 fully saturated rings. The second-order valence-corrected chi connectivity index (χ2v) is 5.30. The van der Waals surface area contributed by atoms with Crippen LogP contribution in [0.5, 0.6) is 0 Å². The number of likely N-dealkylation sites (tertiary alicyclic amines) is 1. The van der Waals surface area contributed by atoms with E-state index in [0.29, 0.717) is 13.1 Å². The molecule has 1 aromatic carbocycles. The standard InChI is InChI=1S/C12H15BrN2O3/c13-8-2-1-3-9(4-8)14-12(18)7-15-5-10(16)11(17)6-15/h1-4,10-11,16-17H,5-7H2,(H,14,18)/t10-,11+. The lowest BCUT2D eigenvalue weighted by molar-refractivity contribution is -0.117. The first-order chi connectivity index (χ1) is 8.54. The van der Waals surface area contributed by atoms with Crippen molar-refractivity contribution in [3.05, 3.63) is 28.7 Å². The molecule has 2 atom stereocenters. The van der Waals surface area contributed by atoms with Crippen LogP contribution >= 0.6 is 15.9 Å². The molecule has 0 unspecified atom stereocenters. The van der Waals surface area contributed by atoms with Crippen LogP contribution in [0.25, 0.3) is 0 Å². The lowest BCUT2D eigenvalue weighted by Crippen LogP contribution is -2.32. The Labute approximate surface area is 114 Å². The van der Waals surface area contributed by atoms with E-state index < -0.39 is 12.2 Å². The van der Waals surface area contributed by atoms with Gasteiger partial charge in [-0.05, 0) is 18.2 Å². The van der Waals surface area contributed by atoms with Gasteiger partial charge in [-0.15, -0.1) is 0 Å². The van der Waals surface area contributed by atoms with Crippen LogP contribution in [0.4, 0.5) is 5.69 Å². The third-order valence-corrected chi connectivity index (χ3v) is 3.30. The summed E-state index contributed by atoms with van der Waals surface area (Å²) in [5.41, 5.74) is 0.717. The van der Waals surface area contributed by atoms with Crippen LogP contribution in [0.15, 0.2) is 28.7 Å². The highest BCUT2D eigenvalue weighted by atomic mass is 79.9. The molecule has 1 aliphatic heterocycles. The SMILES string of the molecule is O=C(CN1C[C@@H](O)[C@@H](O)C1)Nc1cccc(Br)c1. The molecule has 0 aliphatic carbocycles. The topological polar surface area (TPSA) is 72.8 Å². The third-order valence-electron chi connectivity index (χ3n) is 2.81. The first-order valence-electron chi connectivity index (χ1n) is 5.68. The summed E-state index contributed by atoms with van der Waals surface area (Å²) in [5, 5.41) is 21.5. The number of nitrogens with zero attached hydrogens (tertiary/aromatic N) is 1. The number of amides is 1. The van der Waals surface area contributed by atoms with Crippen molar-refractivity contribution >= 4 is 27.5 Å². The Bertz CT molecular complexity index is 431. The summed E-state index contributed by atoms with van der Waals surface area (Å²) in [6, 6.07) is 7.33. The van der Waals surface area contributed by atoms with Crippen LogP contribution in [0.2, 0.25) is 0 Å². The van der Waals surface area contributed by atoms with Crippen LogP contribution in [-0.2, 0) is 4.79 Å². The monoisotopic (exact) mass is 314 g/mol. The van der Waals surface area contributed by atoms with Crippen LogP contribution in [0.1, 0.15) is 0 Å². The summed E-state index contributed by atoms with van der Waals surface area (Å²) in [4.78, 5) is 13.5. The maximum Gasteiger partial charge on any atom is 0.238 e. The molecule has 3 N–H and O–H groups in total. The zero-order valence-corrected chi connectivity index (χ0v) is 11.3. The molecule has 18 heavy (non-hydrogen) atoms. The number of carbonyl (C=O) groups is 1. The van der Waals surface area contributed by atoms with E-state index in [1.807, 2.05) is 18.2 Å². The molecule has 0 aromatic heterocycles. The molecule has 0 bridgehead atoms. The Hall–Kier alpha value is -0.950. The van der Waals surface area contributed by atoms with Crippen LogP contribution in [0, 0.1) is 0 Å². The Kier molecular flexibility index (Phi) is 4.34. The average Bonchev–Trinajstić information content (AvgIpc) is 2.57. The minimum atomic E-state index is -0.760. The Morgan fingerprint density at radius 3 is 2.67 bits per heavy atom. The predicted molar refractivity (Wildman–Crippen MR) is 71.2 cm³/mol. The van der Waals surface area contributed by atoms with Crippen molar-refractivity contribution < 1.29 is 15.0 Å². The van der Waals surface area contributed by atoms with Gasteiger partial charge in [-0.1, -0.05) is 22.0 Å². The molecule has 1 heterocycles. The minimum absolute atomic E-state index is 0.158. The number of nitrogens with one attached hydrogen (secondary N) is 1. The van der Waals surface area contributed by atoms with Gasteiger partial charge in [0.1, 0.15) is 0 Å². The fraction of sp³-hybridized carbons (Fsp3) is 0.417. The normalized spacial score (nSPS) is 24.2. The first kappa shape index (κ1) is 13.5. The van der Waals surface area contributed by atoms with Gasteiger partial charge in [0, 0.05) is 23.2 Å². The molecule has 1 saturated heterocycles. The number of halogens is 1. The van der Waals surface area contributed by atoms with E-state index in [4.69, 9.17) is 0 Å². The molecule has 1 aromatic rings. The molecule has 1 amide bonds. The Morgan fingerprint density at radius 1 is 1.39 bits per heavy atom. The second-order valence-electron chi connectivity index (χ2n) is 4.39. The van der Waals surface area contributed by atoms with Crippen molar-refractivity contribution in [3.8, 4) is 0 Å². The van der Waals surface area contributed by atoms with Gasteiger partial charge in [0.25, 0.3) is 0 Å². The number of carbonyl (C=O) groups excluding carboxylic acids is 1. The van der Waals surface area contributed by atoms with E-state index in [2.05, 4.69) is 21.2 Å². The Morgan fingerprint density at radius 2 is 2.06 bits per heavy atom. The summed E-state index contributed by atoms with van der Waals surface area (Å²) in [5.74, 6) is -0.158.